The Kier molecular flexibility index (Phi) is 5.69. The lowest BCUT2D eigenvalue weighted by molar-refractivity contribution is -0.135. The standard InChI is InChI=1S/C20H28N4O4/c1-14(2)13-24-19(28)23(10-11-25)18(27)20(24)6-8-22(9-7-20)17(26)16-5-4-15(3)21-12-16/h4-5,12,14,25H,6-11,13H2,1-3H3. The first-order chi connectivity index (χ1) is 13.3. The Morgan fingerprint density at radius 2 is 1.93 bits per heavy atom. The summed E-state index contributed by atoms with van der Waals surface area (Å²) in [5.74, 6) is -0.154. The van der Waals surface area contributed by atoms with Gasteiger partial charge in [0, 0.05) is 31.5 Å². The number of β-amino-alcohol motifs (C(OH)–C–C–N with tert-alkyl or cyclic N) is 1. The van der Waals surface area contributed by atoms with Crippen LogP contribution in [0.2, 0.25) is 0 Å². The highest BCUT2D eigenvalue weighted by atomic mass is 16.3. The van der Waals surface area contributed by atoms with E-state index >= 15 is 0 Å². The number of rotatable bonds is 5. The van der Waals surface area contributed by atoms with Gasteiger partial charge in [-0.3, -0.25) is 19.5 Å². The van der Waals surface area contributed by atoms with Gasteiger partial charge >= 0.3 is 6.03 Å². The van der Waals surface area contributed by atoms with E-state index < -0.39 is 5.54 Å². The number of imide groups is 1. The predicted molar refractivity (Wildman–Crippen MR) is 103 cm³/mol. The van der Waals surface area contributed by atoms with E-state index in [9.17, 15) is 19.5 Å². The van der Waals surface area contributed by atoms with Gasteiger partial charge in [0.25, 0.3) is 11.8 Å². The first-order valence-electron chi connectivity index (χ1n) is 9.76. The van der Waals surface area contributed by atoms with Crippen molar-refractivity contribution < 1.29 is 19.5 Å². The quantitative estimate of drug-likeness (QED) is 0.767. The zero-order valence-corrected chi connectivity index (χ0v) is 16.7. The number of likely N-dealkylation sites (tertiary alicyclic amines) is 1. The molecule has 0 radical (unpaired) electrons. The Morgan fingerprint density at radius 3 is 2.46 bits per heavy atom. The van der Waals surface area contributed by atoms with Crippen LogP contribution in [0.15, 0.2) is 18.3 Å². The molecule has 28 heavy (non-hydrogen) atoms. The number of piperidine rings is 1. The Morgan fingerprint density at radius 1 is 1.25 bits per heavy atom. The molecule has 0 atom stereocenters. The first-order valence-corrected chi connectivity index (χ1v) is 9.76. The van der Waals surface area contributed by atoms with Crippen LogP contribution in [0.4, 0.5) is 4.79 Å². The molecule has 0 saturated carbocycles. The van der Waals surface area contributed by atoms with Crippen molar-refractivity contribution >= 4 is 17.8 Å². The van der Waals surface area contributed by atoms with Gasteiger partial charge in [-0.15, -0.1) is 0 Å². The fraction of sp³-hybridized carbons (Fsp3) is 0.600. The smallest absolute Gasteiger partial charge is 0.327 e. The van der Waals surface area contributed by atoms with Crippen LogP contribution in [0, 0.1) is 12.8 Å². The number of aliphatic hydroxyl groups excluding tert-OH is 1. The van der Waals surface area contributed by atoms with E-state index in [0.717, 1.165) is 10.6 Å². The molecular formula is C20H28N4O4. The molecule has 2 aliphatic rings. The van der Waals surface area contributed by atoms with Crippen molar-refractivity contribution in [3.63, 3.8) is 0 Å². The minimum absolute atomic E-state index is 0.00565. The Balaban J connectivity index is 1.79. The van der Waals surface area contributed by atoms with E-state index in [0.29, 0.717) is 38.0 Å². The molecule has 3 heterocycles. The van der Waals surface area contributed by atoms with Gasteiger partial charge in [0.1, 0.15) is 5.54 Å². The van der Waals surface area contributed by atoms with E-state index in [1.807, 2.05) is 20.8 Å². The highest BCUT2D eigenvalue weighted by Gasteiger charge is 2.58. The zero-order valence-electron chi connectivity index (χ0n) is 16.7. The summed E-state index contributed by atoms with van der Waals surface area (Å²) in [7, 11) is 0. The highest BCUT2D eigenvalue weighted by molar-refractivity contribution is 6.07. The summed E-state index contributed by atoms with van der Waals surface area (Å²) in [5, 5.41) is 9.25. The molecule has 0 aliphatic carbocycles. The van der Waals surface area contributed by atoms with E-state index in [-0.39, 0.29) is 36.9 Å². The molecular weight excluding hydrogens is 360 g/mol. The molecule has 2 fully saturated rings. The predicted octanol–water partition coefficient (Wildman–Crippen LogP) is 1.28. The lowest BCUT2D eigenvalue weighted by atomic mass is 9.85. The minimum atomic E-state index is -0.918. The number of amides is 4. The normalized spacial score (nSPS) is 19.2. The monoisotopic (exact) mass is 388 g/mol. The van der Waals surface area contributed by atoms with Crippen LogP contribution >= 0.6 is 0 Å². The molecule has 1 N–H and O–H groups in total. The van der Waals surface area contributed by atoms with Crippen molar-refractivity contribution in [3.05, 3.63) is 29.6 Å². The molecule has 0 aromatic carbocycles. The molecule has 152 valence electrons. The molecule has 0 bridgehead atoms. The van der Waals surface area contributed by atoms with Gasteiger partial charge < -0.3 is 14.9 Å². The van der Waals surface area contributed by atoms with Gasteiger partial charge in [0.15, 0.2) is 0 Å². The SMILES string of the molecule is Cc1ccc(C(=O)N2CCC3(CC2)C(=O)N(CCO)C(=O)N3CC(C)C)cn1. The zero-order chi connectivity index (χ0) is 20.5. The molecule has 1 aromatic heterocycles. The van der Waals surface area contributed by atoms with Gasteiger partial charge in [-0.2, -0.15) is 0 Å². The molecule has 2 saturated heterocycles. The summed E-state index contributed by atoms with van der Waals surface area (Å²) >= 11 is 0. The van der Waals surface area contributed by atoms with E-state index in [1.165, 1.54) is 0 Å². The number of aryl methyl sites for hydroxylation is 1. The molecule has 1 aromatic rings. The molecule has 3 rings (SSSR count). The minimum Gasteiger partial charge on any atom is -0.395 e. The van der Waals surface area contributed by atoms with Gasteiger partial charge in [0.2, 0.25) is 0 Å². The number of nitrogens with zero attached hydrogens (tertiary/aromatic N) is 4. The maximum absolute atomic E-state index is 13.1. The van der Waals surface area contributed by atoms with E-state index in [2.05, 4.69) is 4.98 Å². The largest absolute Gasteiger partial charge is 0.395 e. The molecule has 8 nitrogen and oxygen atoms in total. The number of pyridine rings is 1. The number of carbonyl (C=O) groups excluding carboxylic acids is 3. The highest BCUT2D eigenvalue weighted by Crippen LogP contribution is 2.38. The van der Waals surface area contributed by atoms with Crippen LogP contribution in [0.3, 0.4) is 0 Å². The lowest BCUT2D eigenvalue weighted by Crippen LogP contribution is -2.58. The maximum Gasteiger partial charge on any atom is 0.327 e. The summed E-state index contributed by atoms with van der Waals surface area (Å²) in [4.78, 5) is 47.4. The number of hydrogen-bond donors (Lipinski definition) is 1. The van der Waals surface area contributed by atoms with Crippen molar-refractivity contribution in [3.8, 4) is 0 Å². The van der Waals surface area contributed by atoms with Gasteiger partial charge in [-0.1, -0.05) is 13.8 Å². The first kappa shape index (κ1) is 20.3. The molecule has 4 amide bonds. The molecule has 2 aliphatic heterocycles. The summed E-state index contributed by atoms with van der Waals surface area (Å²) in [6.07, 6.45) is 2.37. The third-order valence-corrected chi connectivity index (χ3v) is 5.53. The Bertz CT molecular complexity index is 754. The summed E-state index contributed by atoms with van der Waals surface area (Å²) in [6, 6.07) is 3.22. The molecule has 0 unspecified atom stereocenters. The van der Waals surface area contributed by atoms with Crippen LogP contribution in [0.1, 0.15) is 42.7 Å². The summed E-state index contributed by atoms with van der Waals surface area (Å²) in [5.41, 5.74) is 0.451. The van der Waals surface area contributed by atoms with Crippen molar-refractivity contribution in [1.29, 1.82) is 0 Å². The van der Waals surface area contributed by atoms with Crippen molar-refractivity contribution in [1.82, 2.24) is 19.7 Å². The molecule has 8 heteroatoms. The molecule has 1 spiro atoms. The topological polar surface area (TPSA) is 94.1 Å². The maximum atomic E-state index is 13.1. The van der Waals surface area contributed by atoms with Crippen LogP contribution in [-0.2, 0) is 4.79 Å². The second kappa shape index (κ2) is 7.87. The fourth-order valence-electron chi connectivity index (χ4n) is 4.04. The van der Waals surface area contributed by atoms with Gasteiger partial charge in [-0.05, 0) is 37.8 Å². The van der Waals surface area contributed by atoms with Crippen molar-refractivity contribution in [2.45, 2.75) is 39.2 Å². The Hall–Kier alpha value is -2.48. The van der Waals surface area contributed by atoms with E-state index in [4.69, 9.17) is 0 Å². The van der Waals surface area contributed by atoms with Crippen LogP contribution in [-0.4, -0.2) is 81.0 Å². The number of urea groups is 1. The number of aromatic nitrogens is 1. The van der Waals surface area contributed by atoms with Gasteiger partial charge in [0.05, 0.1) is 18.7 Å². The summed E-state index contributed by atoms with van der Waals surface area (Å²) < 4.78 is 0. The van der Waals surface area contributed by atoms with Crippen LogP contribution in [0.25, 0.3) is 0 Å². The number of hydrogen-bond acceptors (Lipinski definition) is 5. The fourth-order valence-corrected chi connectivity index (χ4v) is 4.04. The Labute approximate surface area is 165 Å². The van der Waals surface area contributed by atoms with Gasteiger partial charge in [-0.25, -0.2) is 4.79 Å². The number of carbonyl (C=O) groups is 3. The van der Waals surface area contributed by atoms with E-state index in [1.54, 1.807) is 28.1 Å². The van der Waals surface area contributed by atoms with Crippen LogP contribution < -0.4 is 0 Å². The second-order valence-corrected chi connectivity index (χ2v) is 7.98. The van der Waals surface area contributed by atoms with Crippen LogP contribution in [0.5, 0.6) is 0 Å². The van der Waals surface area contributed by atoms with Crippen molar-refractivity contribution in [2.24, 2.45) is 5.92 Å². The van der Waals surface area contributed by atoms with Crippen molar-refractivity contribution in [2.75, 3.05) is 32.8 Å². The second-order valence-electron chi connectivity index (χ2n) is 7.98. The summed E-state index contributed by atoms with van der Waals surface area (Å²) in [6.45, 7) is 6.89. The average molecular weight is 388 g/mol. The third-order valence-electron chi connectivity index (χ3n) is 5.53. The number of aliphatic hydroxyl groups is 1. The average Bonchev–Trinajstić information content (AvgIpc) is 2.85. The third kappa shape index (κ3) is 3.48. The lowest BCUT2D eigenvalue weighted by Gasteiger charge is -2.42.